The number of rotatable bonds is 13. The lowest BCUT2D eigenvalue weighted by atomic mass is 9.97. The molecular formula is C27H38N2O5. The number of hydrogen-bond donors (Lipinski definition) is 3. The van der Waals surface area contributed by atoms with Crippen molar-refractivity contribution in [2.75, 3.05) is 26.2 Å². The molecule has 3 N–H and O–H groups in total. The lowest BCUT2D eigenvalue weighted by Crippen LogP contribution is -2.39. The van der Waals surface area contributed by atoms with Gasteiger partial charge in [-0.15, -0.1) is 0 Å². The molecule has 0 heterocycles. The summed E-state index contributed by atoms with van der Waals surface area (Å²) in [6.45, 7) is 11.5. The second-order valence-corrected chi connectivity index (χ2v) is 9.59. The van der Waals surface area contributed by atoms with Crippen LogP contribution in [0.15, 0.2) is 36.4 Å². The number of aromatic hydroxyl groups is 1. The van der Waals surface area contributed by atoms with E-state index in [1.165, 1.54) is 5.56 Å². The van der Waals surface area contributed by atoms with Gasteiger partial charge in [0.2, 0.25) is 0 Å². The second kappa shape index (κ2) is 12.5. The Hall–Kier alpha value is -2.90. The van der Waals surface area contributed by atoms with Crippen LogP contribution in [0.5, 0.6) is 5.75 Å². The van der Waals surface area contributed by atoms with E-state index in [0.717, 1.165) is 16.7 Å². The molecule has 0 saturated carbocycles. The predicted molar refractivity (Wildman–Crippen MR) is 133 cm³/mol. The molecule has 186 valence electrons. The van der Waals surface area contributed by atoms with E-state index in [4.69, 9.17) is 0 Å². The first-order valence-electron chi connectivity index (χ1n) is 11.8. The molecule has 0 aliphatic heterocycles. The van der Waals surface area contributed by atoms with E-state index in [-0.39, 0.29) is 31.3 Å². The molecule has 34 heavy (non-hydrogen) atoms. The summed E-state index contributed by atoms with van der Waals surface area (Å²) >= 11 is 0. The minimum Gasteiger partial charge on any atom is -0.508 e. The van der Waals surface area contributed by atoms with Crippen molar-refractivity contribution in [1.82, 2.24) is 9.80 Å². The van der Waals surface area contributed by atoms with Crippen LogP contribution in [-0.2, 0) is 22.7 Å². The van der Waals surface area contributed by atoms with E-state index in [9.17, 15) is 24.9 Å². The molecule has 0 radical (unpaired) electrons. The molecule has 0 aliphatic rings. The highest BCUT2D eigenvalue weighted by Crippen LogP contribution is 2.25. The zero-order valence-electron chi connectivity index (χ0n) is 20.9. The molecule has 7 nitrogen and oxygen atoms in total. The molecular weight excluding hydrogens is 432 g/mol. The Balaban J connectivity index is 2.20. The number of aryl methyl sites for hydroxylation is 1. The Labute approximate surface area is 202 Å². The van der Waals surface area contributed by atoms with Gasteiger partial charge in [-0.1, -0.05) is 58.0 Å². The van der Waals surface area contributed by atoms with Gasteiger partial charge in [0.15, 0.2) is 0 Å². The Morgan fingerprint density at radius 1 is 0.765 bits per heavy atom. The van der Waals surface area contributed by atoms with Crippen molar-refractivity contribution < 1.29 is 24.9 Å². The largest absolute Gasteiger partial charge is 0.508 e. The number of carboxylic acids is 2. The first-order chi connectivity index (χ1) is 16.0. The third-order valence-corrected chi connectivity index (χ3v) is 6.05. The molecule has 0 spiro atoms. The molecule has 2 rings (SSSR count). The van der Waals surface area contributed by atoms with Crippen molar-refractivity contribution in [3.8, 4) is 5.75 Å². The van der Waals surface area contributed by atoms with E-state index < -0.39 is 11.9 Å². The van der Waals surface area contributed by atoms with Gasteiger partial charge in [0, 0.05) is 31.7 Å². The van der Waals surface area contributed by atoms with Crippen molar-refractivity contribution in [2.24, 2.45) is 0 Å². The van der Waals surface area contributed by atoms with Gasteiger partial charge in [0.1, 0.15) is 5.75 Å². The quantitative estimate of drug-likeness (QED) is 0.398. The Morgan fingerprint density at radius 2 is 1.21 bits per heavy atom. The van der Waals surface area contributed by atoms with Gasteiger partial charge in [-0.2, -0.15) is 0 Å². The van der Waals surface area contributed by atoms with E-state index >= 15 is 0 Å². The third-order valence-electron chi connectivity index (χ3n) is 6.05. The Morgan fingerprint density at radius 3 is 1.68 bits per heavy atom. The number of benzene rings is 2. The topological polar surface area (TPSA) is 101 Å². The standard InChI is InChI=1S/C27H38N2O5/c1-18(2)21-7-6-20(5)23(12-21)14-28(16-26(31)32)10-11-29(17-27(33)34)15-24-13-22(19(3)4)8-9-25(24)30/h6-9,12-13,18-19,30H,10-11,14-17H2,1-5H3,(H,31,32)(H,33,34). The lowest BCUT2D eigenvalue weighted by molar-refractivity contribution is -0.140. The number of nitrogens with zero attached hydrogens (tertiary/aromatic N) is 2. The first-order valence-corrected chi connectivity index (χ1v) is 11.8. The van der Waals surface area contributed by atoms with Crippen LogP contribution in [0.2, 0.25) is 0 Å². The molecule has 0 saturated heterocycles. The van der Waals surface area contributed by atoms with Crippen molar-refractivity contribution in [1.29, 1.82) is 0 Å². The van der Waals surface area contributed by atoms with Crippen LogP contribution in [0.25, 0.3) is 0 Å². The molecule has 0 fully saturated rings. The number of carboxylic acid groups (broad SMARTS) is 2. The average Bonchev–Trinajstić information content (AvgIpc) is 2.73. The van der Waals surface area contributed by atoms with Crippen molar-refractivity contribution >= 4 is 11.9 Å². The fourth-order valence-corrected chi connectivity index (χ4v) is 3.89. The summed E-state index contributed by atoms with van der Waals surface area (Å²) in [6, 6.07) is 11.7. The zero-order chi connectivity index (χ0) is 25.4. The number of phenols is 1. The molecule has 0 bridgehead atoms. The highest BCUT2D eigenvalue weighted by atomic mass is 16.4. The number of phenolic OH excluding ortho intramolecular Hbond substituents is 1. The Kier molecular flexibility index (Phi) is 10.1. The molecule has 0 unspecified atom stereocenters. The second-order valence-electron chi connectivity index (χ2n) is 9.59. The fourth-order valence-electron chi connectivity index (χ4n) is 3.89. The van der Waals surface area contributed by atoms with Gasteiger partial charge in [-0.3, -0.25) is 19.4 Å². The minimum atomic E-state index is -0.968. The molecule has 0 amide bonds. The maximum absolute atomic E-state index is 11.5. The summed E-state index contributed by atoms with van der Waals surface area (Å²) in [5.74, 6) is -1.12. The van der Waals surface area contributed by atoms with Gasteiger partial charge in [0.25, 0.3) is 0 Å². The highest BCUT2D eigenvalue weighted by molar-refractivity contribution is 5.69. The van der Waals surface area contributed by atoms with Crippen molar-refractivity contribution in [3.05, 3.63) is 64.2 Å². The van der Waals surface area contributed by atoms with Crippen LogP contribution < -0.4 is 0 Å². The number of carbonyl (C=O) groups is 2. The summed E-state index contributed by atoms with van der Waals surface area (Å²) in [6.07, 6.45) is 0. The highest BCUT2D eigenvalue weighted by Gasteiger charge is 2.18. The van der Waals surface area contributed by atoms with Crippen LogP contribution in [0, 0.1) is 6.92 Å². The van der Waals surface area contributed by atoms with Gasteiger partial charge < -0.3 is 15.3 Å². The molecule has 2 aromatic rings. The molecule has 2 aromatic carbocycles. The van der Waals surface area contributed by atoms with Crippen LogP contribution in [0.4, 0.5) is 0 Å². The number of hydrogen-bond acceptors (Lipinski definition) is 5. The van der Waals surface area contributed by atoms with Crippen LogP contribution >= 0.6 is 0 Å². The van der Waals surface area contributed by atoms with Gasteiger partial charge >= 0.3 is 11.9 Å². The predicted octanol–water partition coefficient (Wildman–Crippen LogP) is 4.42. The van der Waals surface area contributed by atoms with E-state index in [1.54, 1.807) is 11.0 Å². The monoisotopic (exact) mass is 470 g/mol. The molecule has 0 atom stereocenters. The summed E-state index contributed by atoms with van der Waals surface area (Å²) in [4.78, 5) is 26.6. The molecule has 0 aromatic heterocycles. The normalized spacial score (nSPS) is 11.7. The smallest absolute Gasteiger partial charge is 0.317 e. The van der Waals surface area contributed by atoms with E-state index in [2.05, 4.69) is 45.9 Å². The summed E-state index contributed by atoms with van der Waals surface area (Å²) in [5.41, 5.74) is 5.09. The zero-order valence-corrected chi connectivity index (χ0v) is 20.9. The Bertz CT molecular complexity index is 907. The third kappa shape index (κ3) is 8.47. The fraction of sp³-hybridized carbons (Fsp3) is 0.481. The van der Waals surface area contributed by atoms with Gasteiger partial charge in [-0.25, -0.2) is 0 Å². The van der Waals surface area contributed by atoms with E-state index in [0.29, 0.717) is 31.1 Å². The van der Waals surface area contributed by atoms with Crippen molar-refractivity contribution in [2.45, 2.75) is 59.5 Å². The van der Waals surface area contributed by atoms with Crippen LogP contribution in [0.3, 0.4) is 0 Å². The van der Waals surface area contributed by atoms with Crippen molar-refractivity contribution in [3.63, 3.8) is 0 Å². The first kappa shape index (κ1) is 27.3. The summed E-state index contributed by atoms with van der Waals surface area (Å²) in [5, 5.41) is 29.2. The average molecular weight is 471 g/mol. The summed E-state index contributed by atoms with van der Waals surface area (Å²) in [7, 11) is 0. The maximum atomic E-state index is 11.5. The minimum absolute atomic E-state index is 0.128. The molecule has 7 heteroatoms. The number of aliphatic carboxylic acids is 2. The van der Waals surface area contributed by atoms with Gasteiger partial charge in [0.05, 0.1) is 13.1 Å². The SMILES string of the molecule is Cc1ccc(C(C)C)cc1CN(CCN(CC(=O)O)Cc1cc(C(C)C)ccc1O)CC(=O)O. The van der Waals surface area contributed by atoms with Crippen LogP contribution in [-0.4, -0.2) is 63.2 Å². The summed E-state index contributed by atoms with van der Waals surface area (Å²) < 4.78 is 0. The van der Waals surface area contributed by atoms with Gasteiger partial charge in [-0.05, 0) is 47.1 Å². The lowest BCUT2D eigenvalue weighted by Gasteiger charge is -2.27. The van der Waals surface area contributed by atoms with Crippen LogP contribution in [0.1, 0.15) is 67.3 Å². The molecule has 0 aliphatic carbocycles. The maximum Gasteiger partial charge on any atom is 0.317 e. The van der Waals surface area contributed by atoms with E-state index in [1.807, 2.05) is 24.0 Å².